The first-order valence-corrected chi connectivity index (χ1v) is 10.1. The highest BCUT2D eigenvalue weighted by Gasteiger charge is 2.35. The van der Waals surface area contributed by atoms with Gasteiger partial charge in [-0.25, -0.2) is 8.42 Å². The van der Waals surface area contributed by atoms with Crippen LogP contribution in [0.1, 0.15) is 22.8 Å². The van der Waals surface area contributed by atoms with Crippen molar-refractivity contribution in [2.45, 2.75) is 24.0 Å². The van der Waals surface area contributed by atoms with E-state index in [0.29, 0.717) is 5.56 Å². The van der Waals surface area contributed by atoms with Gasteiger partial charge in [-0.05, 0) is 43.3 Å². The molecule has 2 aromatic rings. The molecule has 3 rings (SSSR count). The molecule has 5 nitrogen and oxygen atoms in total. The van der Waals surface area contributed by atoms with E-state index in [-0.39, 0.29) is 36.5 Å². The van der Waals surface area contributed by atoms with Crippen molar-refractivity contribution in [2.75, 3.05) is 19.6 Å². The van der Waals surface area contributed by atoms with Crippen molar-refractivity contribution in [2.24, 2.45) is 0 Å². The molecular formula is C19H19F3N2O3S. The Morgan fingerprint density at radius 3 is 2.14 bits per heavy atom. The van der Waals surface area contributed by atoms with Crippen molar-refractivity contribution < 1.29 is 26.4 Å². The number of nitrogens with zero attached hydrogens (tertiary/aromatic N) is 2. The molecular weight excluding hydrogens is 393 g/mol. The summed E-state index contributed by atoms with van der Waals surface area (Å²) in [6.07, 6.45) is -4.53. The maximum absolute atomic E-state index is 12.8. The number of hydrogen-bond acceptors (Lipinski definition) is 3. The second-order valence-electron chi connectivity index (χ2n) is 6.60. The van der Waals surface area contributed by atoms with Gasteiger partial charge in [-0.1, -0.05) is 18.2 Å². The lowest BCUT2D eigenvalue weighted by atomic mass is 10.1. The standard InChI is InChI=1S/C19H19F3N2O3S/c1-14-13-23(11-12-24(14)18(25)15-5-3-2-4-6-15)28(26,27)17-9-7-16(8-10-17)19(20,21)22/h2-10,14H,11-13H2,1H3. The van der Waals surface area contributed by atoms with E-state index < -0.39 is 21.8 Å². The molecule has 0 spiro atoms. The molecule has 0 N–H and O–H groups in total. The maximum atomic E-state index is 12.8. The smallest absolute Gasteiger partial charge is 0.333 e. The SMILES string of the molecule is CC1CN(S(=O)(=O)c2ccc(C(F)(F)F)cc2)CCN1C(=O)c1ccccc1. The van der Waals surface area contributed by atoms with Crippen molar-refractivity contribution in [1.82, 2.24) is 9.21 Å². The van der Waals surface area contributed by atoms with Crippen molar-refractivity contribution >= 4 is 15.9 Å². The molecule has 1 saturated heterocycles. The number of benzene rings is 2. The molecule has 0 aromatic heterocycles. The van der Waals surface area contributed by atoms with Gasteiger partial charge >= 0.3 is 6.18 Å². The van der Waals surface area contributed by atoms with E-state index in [4.69, 9.17) is 0 Å². The minimum atomic E-state index is -4.53. The molecule has 0 aliphatic carbocycles. The van der Waals surface area contributed by atoms with Gasteiger partial charge in [-0.3, -0.25) is 4.79 Å². The number of carbonyl (C=O) groups excluding carboxylic acids is 1. The average molecular weight is 412 g/mol. The molecule has 0 bridgehead atoms. The number of rotatable bonds is 3. The molecule has 0 radical (unpaired) electrons. The fraction of sp³-hybridized carbons (Fsp3) is 0.316. The van der Waals surface area contributed by atoms with Crippen molar-refractivity contribution in [3.63, 3.8) is 0 Å². The van der Waals surface area contributed by atoms with Crippen LogP contribution in [0.25, 0.3) is 0 Å². The molecule has 1 amide bonds. The molecule has 1 atom stereocenters. The lowest BCUT2D eigenvalue weighted by Gasteiger charge is -2.39. The molecule has 150 valence electrons. The largest absolute Gasteiger partial charge is 0.416 e. The first kappa shape index (κ1) is 20.3. The van der Waals surface area contributed by atoms with Crippen LogP contribution in [0.15, 0.2) is 59.5 Å². The summed E-state index contributed by atoms with van der Waals surface area (Å²) in [5, 5.41) is 0. The lowest BCUT2D eigenvalue weighted by Crippen LogP contribution is -2.55. The van der Waals surface area contributed by atoms with Crippen LogP contribution in [-0.2, 0) is 16.2 Å². The number of carbonyl (C=O) groups is 1. The summed E-state index contributed by atoms with van der Waals surface area (Å²) in [6, 6.07) is 11.8. The van der Waals surface area contributed by atoms with Crippen molar-refractivity contribution in [3.05, 3.63) is 65.7 Å². The van der Waals surface area contributed by atoms with Crippen molar-refractivity contribution in [1.29, 1.82) is 0 Å². The summed E-state index contributed by atoms with van der Waals surface area (Å²) in [7, 11) is -3.94. The van der Waals surface area contributed by atoms with Gasteiger partial charge < -0.3 is 4.90 Å². The van der Waals surface area contributed by atoms with Gasteiger partial charge in [0.25, 0.3) is 5.91 Å². The van der Waals surface area contributed by atoms with Gasteiger partial charge in [-0.15, -0.1) is 0 Å². The van der Waals surface area contributed by atoms with E-state index in [1.165, 1.54) is 4.31 Å². The third-order valence-electron chi connectivity index (χ3n) is 4.69. The second kappa shape index (κ2) is 7.56. The Bertz CT molecular complexity index is 945. The molecule has 1 fully saturated rings. The van der Waals surface area contributed by atoms with Crippen LogP contribution in [0.3, 0.4) is 0 Å². The van der Waals surface area contributed by atoms with E-state index in [9.17, 15) is 26.4 Å². The Morgan fingerprint density at radius 1 is 1.00 bits per heavy atom. The van der Waals surface area contributed by atoms with Gasteiger partial charge in [0, 0.05) is 31.2 Å². The third-order valence-corrected chi connectivity index (χ3v) is 6.57. The van der Waals surface area contributed by atoms with E-state index in [1.807, 2.05) is 0 Å². The minimum Gasteiger partial charge on any atom is -0.333 e. The summed E-state index contributed by atoms with van der Waals surface area (Å²) in [4.78, 5) is 14.0. The van der Waals surface area contributed by atoms with E-state index >= 15 is 0 Å². The highest BCUT2D eigenvalue weighted by Crippen LogP contribution is 2.30. The number of sulfonamides is 1. The fourth-order valence-corrected chi connectivity index (χ4v) is 4.67. The summed E-state index contributed by atoms with van der Waals surface area (Å²) in [5.41, 5.74) is -0.383. The highest BCUT2D eigenvalue weighted by molar-refractivity contribution is 7.89. The Kier molecular flexibility index (Phi) is 5.49. The zero-order chi connectivity index (χ0) is 20.5. The Morgan fingerprint density at radius 2 is 1.61 bits per heavy atom. The van der Waals surface area contributed by atoms with E-state index in [0.717, 1.165) is 24.3 Å². The molecule has 1 unspecified atom stereocenters. The minimum absolute atomic E-state index is 0.0714. The first-order chi connectivity index (χ1) is 13.1. The fourth-order valence-electron chi connectivity index (χ4n) is 3.16. The Balaban J connectivity index is 1.74. The monoisotopic (exact) mass is 412 g/mol. The van der Waals surface area contributed by atoms with Gasteiger partial charge in [-0.2, -0.15) is 17.5 Å². The third kappa shape index (κ3) is 4.05. The van der Waals surface area contributed by atoms with Crippen LogP contribution in [0, 0.1) is 0 Å². The molecule has 28 heavy (non-hydrogen) atoms. The lowest BCUT2D eigenvalue weighted by molar-refractivity contribution is -0.137. The maximum Gasteiger partial charge on any atom is 0.416 e. The molecule has 0 saturated carbocycles. The Hall–Kier alpha value is -2.39. The van der Waals surface area contributed by atoms with E-state index in [2.05, 4.69) is 0 Å². The van der Waals surface area contributed by atoms with Crippen LogP contribution in [0.5, 0.6) is 0 Å². The molecule has 2 aromatic carbocycles. The van der Waals surface area contributed by atoms with Gasteiger partial charge in [0.15, 0.2) is 0 Å². The molecule has 1 aliphatic rings. The van der Waals surface area contributed by atoms with Crippen LogP contribution >= 0.6 is 0 Å². The average Bonchev–Trinajstić information content (AvgIpc) is 2.67. The van der Waals surface area contributed by atoms with Gasteiger partial charge in [0.2, 0.25) is 10.0 Å². The number of alkyl halides is 3. The molecule has 1 aliphatic heterocycles. The summed E-state index contributed by atoms with van der Waals surface area (Å²) >= 11 is 0. The predicted molar refractivity (Wildman–Crippen MR) is 97.1 cm³/mol. The van der Waals surface area contributed by atoms with Crippen LogP contribution in [0.4, 0.5) is 13.2 Å². The first-order valence-electron chi connectivity index (χ1n) is 8.64. The predicted octanol–water partition coefficient (Wildman–Crippen LogP) is 3.24. The number of halogens is 3. The zero-order valence-electron chi connectivity index (χ0n) is 15.1. The Labute approximate surface area is 161 Å². The van der Waals surface area contributed by atoms with Crippen LogP contribution in [0.2, 0.25) is 0 Å². The number of hydrogen-bond donors (Lipinski definition) is 0. The van der Waals surface area contributed by atoms with Gasteiger partial charge in [0.1, 0.15) is 0 Å². The van der Waals surface area contributed by atoms with Crippen molar-refractivity contribution in [3.8, 4) is 0 Å². The van der Waals surface area contributed by atoms with Crippen LogP contribution in [-0.4, -0.2) is 49.2 Å². The zero-order valence-corrected chi connectivity index (χ0v) is 15.9. The summed E-state index contributed by atoms with van der Waals surface area (Å²) in [5.74, 6) is -0.181. The summed E-state index contributed by atoms with van der Waals surface area (Å²) in [6.45, 7) is 2.10. The normalized spacial score (nSPS) is 18.9. The summed E-state index contributed by atoms with van der Waals surface area (Å²) < 4.78 is 64.8. The van der Waals surface area contributed by atoms with Crippen LogP contribution < -0.4 is 0 Å². The van der Waals surface area contributed by atoms with Gasteiger partial charge in [0.05, 0.1) is 10.5 Å². The molecule has 1 heterocycles. The second-order valence-corrected chi connectivity index (χ2v) is 8.54. The van der Waals surface area contributed by atoms with E-state index in [1.54, 1.807) is 42.2 Å². The quantitative estimate of drug-likeness (QED) is 0.778. The molecule has 9 heteroatoms. The number of amides is 1. The highest BCUT2D eigenvalue weighted by atomic mass is 32.2. The number of piperazine rings is 1. The topological polar surface area (TPSA) is 57.7 Å².